The van der Waals surface area contributed by atoms with Crippen LogP contribution in [0.25, 0.3) is 17.2 Å². The smallest absolute Gasteiger partial charge is 0.263 e. The molecule has 1 amide bonds. The van der Waals surface area contributed by atoms with Gasteiger partial charge in [0.25, 0.3) is 11.5 Å². The third-order valence-electron chi connectivity index (χ3n) is 7.12. The zero-order valence-electron chi connectivity index (χ0n) is 19.2. The lowest BCUT2D eigenvalue weighted by Gasteiger charge is -2.14. The molecule has 0 unspecified atom stereocenters. The predicted octanol–water partition coefficient (Wildman–Crippen LogP) is 3.70. The monoisotopic (exact) mass is 467 g/mol. The number of nitrogens with one attached hydrogen (secondary N) is 1. The van der Waals surface area contributed by atoms with Crippen molar-refractivity contribution in [3.05, 3.63) is 76.5 Å². The van der Waals surface area contributed by atoms with Crippen LogP contribution in [0.15, 0.2) is 54.0 Å². The summed E-state index contributed by atoms with van der Waals surface area (Å²) in [7, 11) is 0. The second-order valence-electron chi connectivity index (χ2n) is 9.68. The van der Waals surface area contributed by atoms with Crippen LogP contribution in [0.4, 0.5) is 5.82 Å². The molecule has 4 aromatic heterocycles. The third kappa shape index (κ3) is 3.58. The Kier molecular flexibility index (Phi) is 4.52. The molecule has 2 fully saturated rings. The molecular weight excluding hydrogens is 442 g/mol. The maximum absolute atomic E-state index is 13.3. The lowest BCUT2D eigenvalue weighted by molar-refractivity contribution is 0.102. The molecule has 7 rings (SSSR count). The van der Waals surface area contributed by atoms with Gasteiger partial charge < -0.3 is 19.0 Å². The van der Waals surface area contributed by atoms with Crippen molar-refractivity contribution in [2.75, 3.05) is 5.32 Å². The van der Waals surface area contributed by atoms with Gasteiger partial charge in [0.1, 0.15) is 17.1 Å². The molecule has 2 saturated carbocycles. The minimum absolute atomic E-state index is 0.110. The van der Waals surface area contributed by atoms with Crippen molar-refractivity contribution in [1.82, 2.24) is 28.7 Å². The molecule has 35 heavy (non-hydrogen) atoms. The SMILES string of the molecule is O=C(Nc1cccc(-c2nccn2C2CC2)n1)c1cc(-n2cnc(C3CC3)c2)c2n(c1=O)CCC2. The zero-order valence-corrected chi connectivity index (χ0v) is 19.2. The van der Waals surface area contributed by atoms with Crippen molar-refractivity contribution >= 4 is 11.7 Å². The van der Waals surface area contributed by atoms with E-state index in [1.807, 2.05) is 29.1 Å². The lowest BCUT2D eigenvalue weighted by Crippen LogP contribution is -2.30. The van der Waals surface area contributed by atoms with Crippen molar-refractivity contribution < 1.29 is 4.79 Å². The highest BCUT2D eigenvalue weighted by atomic mass is 16.2. The maximum Gasteiger partial charge on any atom is 0.263 e. The van der Waals surface area contributed by atoms with E-state index < -0.39 is 5.91 Å². The van der Waals surface area contributed by atoms with Crippen LogP contribution in [-0.2, 0) is 13.0 Å². The van der Waals surface area contributed by atoms with E-state index in [1.165, 1.54) is 12.8 Å². The molecule has 9 nitrogen and oxygen atoms in total. The van der Waals surface area contributed by atoms with Gasteiger partial charge in [-0.05, 0) is 56.7 Å². The van der Waals surface area contributed by atoms with Gasteiger partial charge in [-0.25, -0.2) is 15.0 Å². The van der Waals surface area contributed by atoms with Crippen LogP contribution >= 0.6 is 0 Å². The molecule has 1 N–H and O–H groups in total. The zero-order chi connectivity index (χ0) is 23.5. The molecule has 0 spiro atoms. The number of nitrogens with zero attached hydrogens (tertiary/aromatic N) is 6. The van der Waals surface area contributed by atoms with Crippen LogP contribution in [0.3, 0.4) is 0 Å². The van der Waals surface area contributed by atoms with Gasteiger partial charge in [0.2, 0.25) is 0 Å². The Labute approximate surface area is 201 Å². The summed E-state index contributed by atoms with van der Waals surface area (Å²) < 4.78 is 5.82. The number of amides is 1. The third-order valence-corrected chi connectivity index (χ3v) is 7.12. The summed E-state index contributed by atoms with van der Waals surface area (Å²) >= 11 is 0. The normalized spacial score (nSPS) is 16.9. The first-order valence-corrected chi connectivity index (χ1v) is 12.3. The van der Waals surface area contributed by atoms with Crippen LogP contribution in [-0.4, -0.2) is 34.6 Å². The highest BCUT2D eigenvalue weighted by Gasteiger charge is 2.28. The number of imidazole rings is 2. The Morgan fingerprint density at radius 3 is 2.83 bits per heavy atom. The molecular formula is C26H25N7O2. The first kappa shape index (κ1) is 20.4. The Morgan fingerprint density at radius 1 is 1.11 bits per heavy atom. The number of fused-ring (bicyclic) bond motifs is 1. The second-order valence-corrected chi connectivity index (χ2v) is 9.68. The average molecular weight is 468 g/mol. The van der Waals surface area contributed by atoms with Crippen molar-refractivity contribution in [3.8, 4) is 17.2 Å². The minimum Gasteiger partial charge on any atom is -0.327 e. The molecule has 1 aliphatic heterocycles. The fraction of sp³-hybridized carbons (Fsp3) is 0.346. The van der Waals surface area contributed by atoms with Crippen molar-refractivity contribution in [2.24, 2.45) is 0 Å². The summed E-state index contributed by atoms with van der Waals surface area (Å²) in [5.74, 6) is 1.25. The Balaban J connectivity index is 1.22. The van der Waals surface area contributed by atoms with E-state index >= 15 is 0 Å². The number of aromatic nitrogens is 6. The lowest BCUT2D eigenvalue weighted by atomic mass is 10.1. The van der Waals surface area contributed by atoms with E-state index in [-0.39, 0.29) is 11.1 Å². The first-order valence-electron chi connectivity index (χ1n) is 12.3. The van der Waals surface area contributed by atoms with Crippen LogP contribution in [0, 0.1) is 0 Å². The van der Waals surface area contributed by atoms with Crippen LogP contribution in [0.5, 0.6) is 0 Å². The summed E-state index contributed by atoms with van der Waals surface area (Å²) in [6, 6.07) is 7.64. The molecule has 4 aromatic rings. The van der Waals surface area contributed by atoms with E-state index in [9.17, 15) is 9.59 Å². The van der Waals surface area contributed by atoms with Gasteiger partial charge in [-0.15, -0.1) is 0 Å². The average Bonchev–Trinajstić information content (AvgIpc) is 3.73. The fourth-order valence-electron chi connectivity index (χ4n) is 5.01. The number of hydrogen-bond donors (Lipinski definition) is 1. The van der Waals surface area contributed by atoms with Gasteiger partial charge in [-0.2, -0.15) is 0 Å². The van der Waals surface area contributed by atoms with Crippen molar-refractivity contribution in [2.45, 2.75) is 57.0 Å². The quantitative estimate of drug-likeness (QED) is 0.466. The largest absolute Gasteiger partial charge is 0.327 e. The molecule has 3 aliphatic rings. The summed E-state index contributed by atoms with van der Waals surface area (Å²) in [6.07, 6.45) is 13.9. The molecule has 5 heterocycles. The standard InChI is InChI=1S/C26H25N7O2/c34-25(30-23-5-1-3-19(29-23)24-27-10-12-32(24)17-8-9-17)18-13-22(21-4-2-11-33(21)26(18)35)31-14-20(28-15-31)16-6-7-16/h1,3,5,10,12-17H,2,4,6-9,11H2,(H,29,30,34). The van der Waals surface area contributed by atoms with Crippen LogP contribution in [0.1, 0.15) is 65.8 Å². The van der Waals surface area contributed by atoms with Gasteiger partial charge in [0.05, 0.1) is 17.7 Å². The number of carbonyl (C=O) groups excluding carboxylic acids is 1. The molecule has 0 aromatic carbocycles. The molecule has 0 atom stereocenters. The Hall–Kier alpha value is -4.01. The number of carbonyl (C=O) groups is 1. The Morgan fingerprint density at radius 2 is 2.00 bits per heavy atom. The number of anilines is 1. The topological polar surface area (TPSA) is 99.6 Å². The second kappa shape index (κ2) is 7.76. The Bertz CT molecular complexity index is 1520. The van der Waals surface area contributed by atoms with E-state index in [1.54, 1.807) is 29.2 Å². The molecule has 0 radical (unpaired) electrons. The van der Waals surface area contributed by atoms with Crippen molar-refractivity contribution in [1.29, 1.82) is 0 Å². The summed E-state index contributed by atoms with van der Waals surface area (Å²) in [5.41, 5.74) is 3.42. The van der Waals surface area contributed by atoms with E-state index in [4.69, 9.17) is 0 Å². The molecule has 2 aliphatic carbocycles. The highest BCUT2D eigenvalue weighted by Crippen LogP contribution is 2.39. The van der Waals surface area contributed by atoms with E-state index in [0.29, 0.717) is 30.0 Å². The fourth-order valence-corrected chi connectivity index (χ4v) is 5.01. The van der Waals surface area contributed by atoms with Gasteiger partial charge in [0, 0.05) is 42.8 Å². The molecule has 0 bridgehead atoms. The summed E-state index contributed by atoms with van der Waals surface area (Å²) in [4.78, 5) is 40.2. The van der Waals surface area contributed by atoms with Crippen LogP contribution in [0.2, 0.25) is 0 Å². The number of pyridine rings is 2. The minimum atomic E-state index is -0.462. The van der Waals surface area contributed by atoms with Crippen molar-refractivity contribution in [3.63, 3.8) is 0 Å². The summed E-state index contributed by atoms with van der Waals surface area (Å²) in [5, 5.41) is 2.84. The number of hydrogen-bond acceptors (Lipinski definition) is 5. The van der Waals surface area contributed by atoms with Gasteiger partial charge in [-0.1, -0.05) is 6.07 Å². The maximum atomic E-state index is 13.3. The van der Waals surface area contributed by atoms with E-state index in [0.717, 1.165) is 48.6 Å². The number of rotatable bonds is 6. The molecule has 0 saturated heterocycles. The predicted molar refractivity (Wildman–Crippen MR) is 130 cm³/mol. The molecule has 9 heteroatoms. The molecule has 176 valence electrons. The van der Waals surface area contributed by atoms with Gasteiger partial charge >= 0.3 is 0 Å². The van der Waals surface area contributed by atoms with Gasteiger partial charge in [-0.3, -0.25) is 9.59 Å². The van der Waals surface area contributed by atoms with Crippen LogP contribution < -0.4 is 10.9 Å². The van der Waals surface area contributed by atoms with Gasteiger partial charge in [0.15, 0.2) is 5.82 Å². The van der Waals surface area contributed by atoms with E-state index in [2.05, 4.69) is 24.8 Å². The summed E-state index contributed by atoms with van der Waals surface area (Å²) in [6.45, 7) is 0.615. The highest BCUT2D eigenvalue weighted by molar-refractivity contribution is 6.04. The first-order chi connectivity index (χ1) is 17.2.